The molecule has 0 aliphatic heterocycles. The Morgan fingerprint density at radius 1 is 1.25 bits per heavy atom. The first-order chi connectivity index (χ1) is 5.30. The molecule has 0 spiro atoms. The number of hydrogen-bond donors (Lipinski definition) is 1. The first-order valence-electron chi connectivity index (χ1n) is 3.00. The summed E-state index contributed by atoms with van der Waals surface area (Å²) in [7, 11) is 0.750. The summed E-state index contributed by atoms with van der Waals surface area (Å²) in [6.07, 6.45) is 0. The molecule has 0 amide bonds. The normalized spacial score (nSPS) is 7.17. The molecule has 0 radical (unpaired) electrons. The van der Waals surface area contributed by atoms with Crippen LogP contribution in [0.15, 0.2) is 30.3 Å². The van der Waals surface area contributed by atoms with E-state index in [1.54, 1.807) is 30.3 Å². The second-order valence-electron chi connectivity index (χ2n) is 1.67. The van der Waals surface area contributed by atoms with Crippen LogP contribution in [0, 0.1) is 0 Å². The maximum Gasteiger partial charge on any atom is 1.00 e. The molecule has 0 fully saturated rings. The van der Waals surface area contributed by atoms with Gasteiger partial charge in [-0.2, -0.15) is 7.11 Å². The van der Waals surface area contributed by atoms with E-state index in [1.807, 2.05) is 0 Å². The number of carboxylic acids is 1. The van der Waals surface area contributed by atoms with Gasteiger partial charge in [-0.1, -0.05) is 18.2 Å². The summed E-state index contributed by atoms with van der Waals surface area (Å²) in [5, 5.41) is 16.6. The van der Waals surface area contributed by atoms with Crippen molar-refractivity contribution in [3.05, 3.63) is 35.9 Å². The Morgan fingerprint density at radius 3 is 1.92 bits per heavy atom. The third kappa shape index (κ3) is 5.32. The predicted molar refractivity (Wildman–Crippen MR) is 39.3 cm³/mol. The minimum absolute atomic E-state index is 0. The largest absolute Gasteiger partial charge is 1.00 e. The molecule has 0 unspecified atom stereocenters. The average Bonchev–Trinajstić information content (AvgIpc) is 2.10. The molecule has 1 N–H and O–H groups in total. The molecule has 0 atom stereocenters. The summed E-state index contributed by atoms with van der Waals surface area (Å²) in [5.41, 5.74) is 0.331. The van der Waals surface area contributed by atoms with Gasteiger partial charge in [0.05, 0.1) is 5.56 Å². The van der Waals surface area contributed by atoms with Gasteiger partial charge < -0.3 is 10.2 Å². The average molecular weight is 176 g/mol. The van der Waals surface area contributed by atoms with Crippen molar-refractivity contribution in [3.8, 4) is 0 Å². The van der Waals surface area contributed by atoms with E-state index >= 15 is 0 Å². The molecule has 0 heterocycles. The molecular weight excluding hydrogens is 167 g/mol. The van der Waals surface area contributed by atoms with Crippen LogP contribution in [0.1, 0.15) is 10.4 Å². The SMILES string of the molecule is C[O-].O=C(O)c1ccccc1.[Na+]. The van der Waals surface area contributed by atoms with Crippen molar-refractivity contribution in [3.63, 3.8) is 0 Å². The van der Waals surface area contributed by atoms with Crippen molar-refractivity contribution in [2.24, 2.45) is 0 Å². The van der Waals surface area contributed by atoms with Gasteiger partial charge in [0, 0.05) is 0 Å². The quantitative estimate of drug-likeness (QED) is 0.476. The van der Waals surface area contributed by atoms with Crippen LogP contribution in [-0.4, -0.2) is 18.2 Å². The maximum atomic E-state index is 10.2. The molecule has 4 heteroatoms. The van der Waals surface area contributed by atoms with Crippen molar-refractivity contribution < 1.29 is 44.6 Å². The molecule has 0 aliphatic rings. The Morgan fingerprint density at radius 2 is 1.67 bits per heavy atom. The van der Waals surface area contributed by atoms with Crippen LogP contribution in [0.4, 0.5) is 0 Å². The van der Waals surface area contributed by atoms with Crippen LogP contribution in [0.5, 0.6) is 0 Å². The second-order valence-corrected chi connectivity index (χ2v) is 1.67. The smallest absolute Gasteiger partial charge is 0.857 e. The molecule has 12 heavy (non-hydrogen) atoms. The molecule has 0 aliphatic carbocycles. The second kappa shape index (κ2) is 8.74. The topological polar surface area (TPSA) is 60.4 Å². The van der Waals surface area contributed by atoms with E-state index in [0.717, 1.165) is 7.11 Å². The van der Waals surface area contributed by atoms with Gasteiger partial charge in [-0.3, -0.25) is 0 Å². The standard InChI is InChI=1S/C7H6O2.CH3O.Na/c8-7(9)6-4-2-1-3-5-6;1-2;/h1-5H,(H,8,9);1H3;/q;-1;+1. The van der Waals surface area contributed by atoms with E-state index in [2.05, 4.69) is 0 Å². The molecular formula is C8H9NaO3. The molecule has 1 aromatic carbocycles. The van der Waals surface area contributed by atoms with Crippen LogP contribution in [0.25, 0.3) is 0 Å². The van der Waals surface area contributed by atoms with Crippen LogP contribution >= 0.6 is 0 Å². The van der Waals surface area contributed by atoms with Gasteiger partial charge in [-0.25, -0.2) is 4.79 Å². The molecule has 1 aromatic rings. The third-order valence-corrected chi connectivity index (χ3v) is 1.02. The zero-order valence-electron chi connectivity index (χ0n) is 7.15. The van der Waals surface area contributed by atoms with Crippen LogP contribution in [0.2, 0.25) is 0 Å². The number of hydrogen-bond acceptors (Lipinski definition) is 2. The van der Waals surface area contributed by atoms with E-state index < -0.39 is 5.97 Å². The van der Waals surface area contributed by atoms with Crippen LogP contribution in [-0.2, 0) is 0 Å². The predicted octanol–water partition coefficient (Wildman–Crippen LogP) is -2.63. The van der Waals surface area contributed by atoms with Gasteiger partial charge in [0.2, 0.25) is 0 Å². The van der Waals surface area contributed by atoms with Crippen molar-refractivity contribution in [1.82, 2.24) is 0 Å². The van der Waals surface area contributed by atoms with E-state index in [0.29, 0.717) is 5.56 Å². The first kappa shape index (κ1) is 14.2. The number of carboxylic acid groups (broad SMARTS) is 1. The van der Waals surface area contributed by atoms with Gasteiger partial charge in [0.15, 0.2) is 0 Å². The number of carbonyl (C=O) groups is 1. The molecule has 0 saturated heterocycles. The van der Waals surface area contributed by atoms with Crippen molar-refractivity contribution >= 4 is 5.97 Å². The molecule has 60 valence electrons. The molecule has 3 nitrogen and oxygen atoms in total. The fourth-order valence-electron chi connectivity index (χ4n) is 0.581. The number of rotatable bonds is 1. The van der Waals surface area contributed by atoms with Crippen molar-refractivity contribution in [2.45, 2.75) is 0 Å². The minimum Gasteiger partial charge on any atom is -0.857 e. The van der Waals surface area contributed by atoms with Crippen LogP contribution in [0.3, 0.4) is 0 Å². The monoisotopic (exact) mass is 176 g/mol. The molecule has 0 bridgehead atoms. The fraction of sp³-hybridized carbons (Fsp3) is 0.125. The summed E-state index contributed by atoms with van der Waals surface area (Å²) in [6, 6.07) is 8.30. The summed E-state index contributed by atoms with van der Waals surface area (Å²) in [4.78, 5) is 10.2. The van der Waals surface area contributed by atoms with E-state index in [1.165, 1.54) is 0 Å². The number of aromatic carboxylic acids is 1. The summed E-state index contributed by atoms with van der Waals surface area (Å²) in [5.74, 6) is -0.879. The Balaban J connectivity index is 0. The van der Waals surface area contributed by atoms with Crippen molar-refractivity contribution in [2.75, 3.05) is 7.11 Å². The van der Waals surface area contributed by atoms with E-state index in [-0.39, 0.29) is 29.6 Å². The molecule has 0 aromatic heterocycles. The Hall–Kier alpha value is -0.350. The zero-order chi connectivity index (χ0) is 8.69. The molecule has 0 saturated carbocycles. The number of benzene rings is 1. The fourth-order valence-corrected chi connectivity index (χ4v) is 0.581. The van der Waals surface area contributed by atoms with Gasteiger partial charge in [0.1, 0.15) is 0 Å². The van der Waals surface area contributed by atoms with Crippen LogP contribution < -0.4 is 34.7 Å². The Kier molecular flexibility index (Phi) is 10.3. The van der Waals surface area contributed by atoms with Gasteiger partial charge in [0.25, 0.3) is 0 Å². The summed E-state index contributed by atoms with van der Waals surface area (Å²) >= 11 is 0. The summed E-state index contributed by atoms with van der Waals surface area (Å²) in [6.45, 7) is 0. The first-order valence-corrected chi connectivity index (χ1v) is 3.00. The summed E-state index contributed by atoms with van der Waals surface area (Å²) < 4.78 is 0. The zero-order valence-corrected chi connectivity index (χ0v) is 9.15. The Bertz CT molecular complexity index is 211. The van der Waals surface area contributed by atoms with E-state index in [9.17, 15) is 4.79 Å². The van der Waals surface area contributed by atoms with E-state index in [4.69, 9.17) is 10.2 Å². The van der Waals surface area contributed by atoms with Gasteiger partial charge in [-0.05, 0) is 12.1 Å². The third-order valence-electron chi connectivity index (χ3n) is 1.02. The van der Waals surface area contributed by atoms with Gasteiger partial charge in [-0.15, -0.1) is 0 Å². The van der Waals surface area contributed by atoms with Crippen molar-refractivity contribution in [1.29, 1.82) is 0 Å². The Labute approximate surface area is 93.3 Å². The minimum atomic E-state index is -0.879. The molecule has 1 rings (SSSR count). The van der Waals surface area contributed by atoms with Gasteiger partial charge >= 0.3 is 35.5 Å². The maximum absolute atomic E-state index is 10.2.